The molecule has 108 valence electrons. The van der Waals surface area contributed by atoms with Crippen LogP contribution in [0.3, 0.4) is 0 Å². The molecule has 0 aromatic heterocycles. The molecule has 1 fully saturated rings. The molecule has 0 bridgehead atoms. The molecule has 2 aromatic carbocycles. The summed E-state index contributed by atoms with van der Waals surface area (Å²) in [6, 6.07) is 18.5. The highest BCUT2D eigenvalue weighted by Crippen LogP contribution is 2.25. The number of anilines is 1. The number of benzene rings is 2. The molecule has 1 atom stereocenters. The first-order valence-corrected chi connectivity index (χ1v) is 7.30. The number of aliphatic hydroxyl groups excluding tert-OH is 1. The maximum atomic E-state index is 11.9. The molecule has 21 heavy (non-hydrogen) atoms. The molecule has 1 amide bonds. The van der Waals surface area contributed by atoms with Crippen molar-refractivity contribution >= 4 is 11.6 Å². The second-order valence-corrected chi connectivity index (χ2v) is 5.59. The fraction of sp³-hybridized carbons (Fsp3) is 0.278. The summed E-state index contributed by atoms with van der Waals surface area (Å²) in [5.74, 6) is 0.173. The number of amides is 1. The lowest BCUT2D eigenvalue weighted by Gasteiger charge is -2.17. The number of carbonyl (C=O) groups excluding carboxylic acids is 1. The molecule has 3 nitrogen and oxygen atoms in total. The van der Waals surface area contributed by atoms with Gasteiger partial charge in [0.05, 0.1) is 0 Å². The van der Waals surface area contributed by atoms with Gasteiger partial charge in [-0.05, 0) is 29.7 Å². The Morgan fingerprint density at radius 3 is 2.29 bits per heavy atom. The molecule has 1 heterocycles. The van der Waals surface area contributed by atoms with Crippen molar-refractivity contribution in [2.45, 2.75) is 12.8 Å². The molecule has 2 aromatic rings. The third kappa shape index (κ3) is 3.14. The topological polar surface area (TPSA) is 40.5 Å². The smallest absolute Gasteiger partial charge is 0.227 e. The normalized spacial score (nSPS) is 18.2. The highest BCUT2D eigenvalue weighted by Gasteiger charge is 2.29. The third-order valence-corrected chi connectivity index (χ3v) is 3.96. The van der Waals surface area contributed by atoms with Crippen LogP contribution in [-0.4, -0.2) is 24.2 Å². The standard InChI is InChI=1S/C18H19NO2/c20-13-16-11-18(21)19(12-16)17-8-6-15(7-9-17)10-14-4-2-1-3-5-14/h1-9,16,20H,10-13H2. The van der Waals surface area contributed by atoms with Gasteiger partial charge in [0.1, 0.15) is 0 Å². The van der Waals surface area contributed by atoms with Gasteiger partial charge in [-0.25, -0.2) is 0 Å². The predicted octanol–water partition coefficient (Wildman–Crippen LogP) is 2.62. The SMILES string of the molecule is O=C1CC(CO)CN1c1ccc(Cc2ccccc2)cc1. The first kappa shape index (κ1) is 13.8. The van der Waals surface area contributed by atoms with Crippen LogP contribution >= 0.6 is 0 Å². The molecule has 0 radical (unpaired) electrons. The lowest BCUT2D eigenvalue weighted by atomic mass is 10.0. The van der Waals surface area contributed by atoms with Crippen molar-refractivity contribution in [3.8, 4) is 0 Å². The van der Waals surface area contributed by atoms with Crippen molar-refractivity contribution in [1.29, 1.82) is 0 Å². The van der Waals surface area contributed by atoms with Crippen molar-refractivity contribution in [1.82, 2.24) is 0 Å². The van der Waals surface area contributed by atoms with Crippen molar-refractivity contribution in [2.24, 2.45) is 5.92 Å². The van der Waals surface area contributed by atoms with Gasteiger partial charge in [-0.15, -0.1) is 0 Å². The summed E-state index contributed by atoms with van der Waals surface area (Å²) in [7, 11) is 0. The summed E-state index contributed by atoms with van der Waals surface area (Å²) in [5, 5.41) is 9.18. The number of nitrogens with zero attached hydrogens (tertiary/aromatic N) is 1. The van der Waals surface area contributed by atoms with E-state index < -0.39 is 0 Å². The summed E-state index contributed by atoms with van der Waals surface area (Å²) >= 11 is 0. The van der Waals surface area contributed by atoms with Crippen LogP contribution in [0.1, 0.15) is 17.5 Å². The average Bonchev–Trinajstić information content (AvgIpc) is 2.90. The van der Waals surface area contributed by atoms with E-state index >= 15 is 0 Å². The minimum atomic E-state index is 0.0708. The van der Waals surface area contributed by atoms with Crippen molar-refractivity contribution in [2.75, 3.05) is 18.1 Å². The molecule has 1 unspecified atom stereocenters. The van der Waals surface area contributed by atoms with E-state index in [0.717, 1.165) is 12.1 Å². The van der Waals surface area contributed by atoms with Gasteiger partial charge >= 0.3 is 0 Å². The van der Waals surface area contributed by atoms with Crippen molar-refractivity contribution in [3.63, 3.8) is 0 Å². The van der Waals surface area contributed by atoms with Gasteiger partial charge in [0.25, 0.3) is 0 Å². The van der Waals surface area contributed by atoms with Gasteiger partial charge in [-0.1, -0.05) is 42.5 Å². The van der Waals surface area contributed by atoms with E-state index in [2.05, 4.69) is 24.3 Å². The minimum absolute atomic E-state index is 0.0708. The minimum Gasteiger partial charge on any atom is -0.396 e. The lowest BCUT2D eigenvalue weighted by Crippen LogP contribution is -2.24. The molecule has 3 rings (SSSR count). The summed E-state index contributed by atoms with van der Waals surface area (Å²) in [6.07, 6.45) is 1.34. The van der Waals surface area contributed by atoms with E-state index in [0.29, 0.717) is 13.0 Å². The Hall–Kier alpha value is -2.13. The van der Waals surface area contributed by atoms with Crippen LogP contribution in [0.2, 0.25) is 0 Å². The van der Waals surface area contributed by atoms with Crippen LogP contribution in [0.5, 0.6) is 0 Å². The molecular formula is C18H19NO2. The molecule has 0 saturated carbocycles. The zero-order chi connectivity index (χ0) is 14.7. The highest BCUT2D eigenvalue weighted by atomic mass is 16.3. The zero-order valence-electron chi connectivity index (χ0n) is 11.9. The Morgan fingerprint density at radius 2 is 1.67 bits per heavy atom. The quantitative estimate of drug-likeness (QED) is 0.936. The van der Waals surface area contributed by atoms with E-state index in [-0.39, 0.29) is 18.4 Å². The van der Waals surface area contributed by atoms with Gasteiger partial charge < -0.3 is 10.0 Å². The zero-order valence-corrected chi connectivity index (χ0v) is 11.9. The van der Waals surface area contributed by atoms with E-state index in [1.807, 2.05) is 30.3 Å². The molecule has 1 saturated heterocycles. The Bertz CT molecular complexity index is 607. The Morgan fingerprint density at radius 1 is 1.00 bits per heavy atom. The van der Waals surface area contributed by atoms with Gasteiger partial charge in [0.15, 0.2) is 0 Å². The number of hydrogen-bond acceptors (Lipinski definition) is 2. The van der Waals surface area contributed by atoms with E-state index in [4.69, 9.17) is 0 Å². The lowest BCUT2D eigenvalue weighted by molar-refractivity contribution is -0.117. The predicted molar refractivity (Wildman–Crippen MR) is 83.2 cm³/mol. The van der Waals surface area contributed by atoms with Crippen LogP contribution in [0.4, 0.5) is 5.69 Å². The largest absolute Gasteiger partial charge is 0.396 e. The second-order valence-electron chi connectivity index (χ2n) is 5.59. The number of rotatable bonds is 4. The number of carbonyl (C=O) groups is 1. The second kappa shape index (κ2) is 6.10. The van der Waals surface area contributed by atoms with Crippen LogP contribution in [-0.2, 0) is 11.2 Å². The Balaban J connectivity index is 1.71. The average molecular weight is 281 g/mol. The molecular weight excluding hydrogens is 262 g/mol. The van der Waals surface area contributed by atoms with Crippen LogP contribution < -0.4 is 4.90 Å². The number of hydrogen-bond donors (Lipinski definition) is 1. The molecule has 1 N–H and O–H groups in total. The first-order chi connectivity index (χ1) is 10.3. The Kier molecular flexibility index (Phi) is 4.02. The van der Waals surface area contributed by atoms with Crippen molar-refractivity contribution in [3.05, 3.63) is 65.7 Å². The van der Waals surface area contributed by atoms with Gasteiger partial charge in [-0.2, -0.15) is 0 Å². The fourth-order valence-corrected chi connectivity index (χ4v) is 2.78. The molecule has 1 aliphatic rings. The van der Waals surface area contributed by atoms with E-state index in [1.54, 1.807) is 4.90 Å². The summed E-state index contributed by atoms with van der Waals surface area (Å²) < 4.78 is 0. The van der Waals surface area contributed by atoms with Gasteiger partial charge in [0, 0.05) is 31.2 Å². The molecule has 3 heteroatoms. The molecule has 0 aliphatic carbocycles. The molecule has 1 aliphatic heterocycles. The summed E-state index contributed by atoms with van der Waals surface area (Å²) in [4.78, 5) is 13.7. The third-order valence-electron chi connectivity index (χ3n) is 3.96. The Labute approximate surface area is 124 Å². The highest BCUT2D eigenvalue weighted by molar-refractivity contribution is 5.95. The first-order valence-electron chi connectivity index (χ1n) is 7.30. The summed E-state index contributed by atoms with van der Waals surface area (Å²) in [5.41, 5.74) is 3.44. The summed E-state index contributed by atoms with van der Waals surface area (Å²) in [6.45, 7) is 0.696. The van der Waals surface area contributed by atoms with E-state index in [9.17, 15) is 9.90 Å². The number of aliphatic hydroxyl groups is 1. The van der Waals surface area contributed by atoms with Crippen LogP contribution in [0.25, 0.3) is 0 Å². The fourth-order valence-electron chi connectivity index (χ4n) is 2.78. The monoisotopic (exact) mass is 281 g/mol. The van der Waals surface area contributed by atoms with Crippen LogP contribution in [0.15, 0.2) is 54.6 Å². The van der Waals surface area contributed by atoms with E-state index in [1.165, 1.54) is 11.1 Å². The van der Waals surface area contributed by atoms with Gasteiger partial charge in [0.2, 0.25) is 5.91 Å². The molecule has 0 spiro atoms. The maximum Gasteiger partial charge on any atom is 0.227 e. The van der Waals surface area contributed by atoms with Crippen LogP contribution in [0, 0.1) is 5.92 Å². The maximum absolute atomic E-state index is 11.9. The van der Waals surface area contributed by atoms with Crippen molar-refractivity contribution < 1.29 is 9.90 Å². The van der Waals surface area contributed by atoms with Gasteiger partial charge in [-0.3, -0.25) is 4.79 Å².